The standard InChI is InChI=1S/C9H9FN2O2/c1-5-9(10)7(3-4-8(13)14)12-6(2)11-5/h3-4H,1-2H3,(H,13,14). The SMILES string of the molecule is Cc1nc(C)c(F)c(C=CC(=O)O)n1. The zero-order valence-electron chi connectivity index (χ0n) is 7.78. The van der Waals surface area contributed by atoms with Crippen LogP contribution in [0.25, 0.3) is 6.08 Å². The summed E-state index contributed by atoms with van der Waals surface area (Å²) in [5, 5.41) is 8.35. The van der Waals surface area contributed by atoms with E-state index in [4.69, 9.17) is 5.11 Å². The van der Waals surface area contributed by atoms with Gasteiger partial charge in [0.05, 0.1) is 5.69 Å². The number of hydrogen-bond donors (Lipinski definition) is 1. The van der Waals surface area contributed by atoms with E-state index < -0.39 is 11.8 Å². The third-order valence-electron chi connectivity index (χ3n) is 1.54. The molecule has 5 heteroatoms. The molecule has 1 aromatic rings. The van der Waals surface area contributed by atoms with Gasteiger partial charge in [0, 0.05) is 6.08 Å². The van der Waals surface area contributed by atoms with E-state index in [1.165, 1.54) is 6.92 Å². The van der Waals surface area contributed by atoms with Crippen LogP contribution in [0.1, 0.15) is 17.2 Å². The molecule has 1 rings (SSSR count). The summed E-state index contributed by atoms with van der Waals surface area (Å²) >= 11 is 0. The molecule has 0 amide bonds. The average molecular weight is 196 g/mol. The van der Waals surface area contributed by atoms with Crippen molar-refractivity contribution >= 4 is 12.0 Å². The Kier molecular flexibility index (Phi) is 2.91. The molecule has 0 aliphatic heterocycles. The third kappa shape index (κ3) is 2.35. The number of nitrogens with zero attached hydrogens (tertiary/aromatic N) is 2. The minimum absolute atomic E-state index is 0.00241. The fraction of sp³-hybridized carbons (Fsp3) is 0.222. The van der Waals surface area contributed by atoms with Crippen LogP contribution in [0, 0.1) is 19.7 Å². The smallest absolute Gasteiger partial charge is 0.328 e. The molecular weight excluding hydrogens is 187 g/mol. The summed E-state index contributed by atoms with van der Waals surface area (Å²) in [5.41, 5.74) is 0.208. The Hall–Kier alpha value is -1.78. The van der Waals surface area contributed by atoms with Crippen LogP contribution in [0.15, 0.2) is 6.08 Å². The molecule has 1 aromatic heterocycles. The molecule has 0 radical (unpaired) electrons. The lowest BCUT2D eigenvalue weighted by Gasteiger charge is -2.00. The number of aromatic nitrogens is 2. The fourth-order valence-corrected chi connectivity index (χ4v) is 0.986. The van der Waals surface area contributed by atoms with Crippen LogP contribution in [-0.4, -0.2) is 21.0 Å². The van der Waals surface area contributed by atoms with E-state index in [1.54, 1.807) is 6.92 Å². The van der Waals surface area contributed by atoms with Crippen LogP contribution in [-0.2, 0) is 4.79 Å². The van der Waals surface area contributed by atoms with Gasteiger partial charge in [-0.15, -0.1) is 0 Å². The maximum atomic E-state index is 13.3. The van der Waals surface area contributed by atoms with Gasteiger partial charge in [0.2, 0.25) is 0 Å². The monoisotopic (exact) mass is 196 g/mol. The molecular formula is C9H9FN2O2. The molecule has 0 saturated heterocycles. The van der Waals surface area contributed by atoms with Crippen LogP contribution in [0.4, 0.5) is 4.39 Å². The molecule has 1 N–H and O–H groups in total. The zero-order chi connectivity index (χ0) is 10.7. The Balaban J connectivity index is 3.14. The van der Waals surface area contributed by atoms with Crippen molar-refractivity contribution in [3.05, 3.63) is 29.1 Å². The van der Waals surface area contributed by atoms with Gasteiger partial charge in [-0.1, -0.05) is 0 Å². The molecule has 4 nitrogen and oxygen atoms in total. The van der Waals surface area contributed by atoms with Crippen molar-refractivity contribution < 1.29 is 14.3 Å². The third-order valence-corrected chi connectivity index (χ3v) is 1.54. The summed E-state index contributed by atoms with van der Waals surface area (Å²) in [6.07, 6.45) is 1.95. The first kappa shape index (κ1) is 10.3. The molecule has 74 valence electrons. The van der Waals surface area contributed by atoms with Crippen molar-refractivity contribution in [3.8, 4) is 0 Å². The summed E-state index contributed by atoms with van der Waals surface area (Å²) in [6.45, 7) is 3.12. The number of hydrogen-bond acceptors (Lipinski definition) is 3. The molecule has 0 aliphatic rings. The first-order valence-electron chi connectivity index (χ1n) is 3.92. The first-order valence-corrected chi connectivity index (χ1v) is 3.92. The Morgan fingerprint density at radius 3 is 2.64 bits per heavy atom. The van der Waals surface area contributed by atoms with Crippen molar-refractivity contribution in [1.82, 2.24) is 9.97 Å². The van der Waals surface area contributed by atoms with Crippen molar-refractivity contribution in [1.29, 1.82) is 0 Å². The van der Waals surface area contributed by atoms with Gasteiger partial charge < -0.3 is 5.11 Å². The van der Waals surface area contributed by atoms with Gasteiger partial charge >= 0.3 is 5.97 Å². The van der Waals surface area contributed by atoms with Crippen molar-refractivity contribution in [2.45, 2.75) is 13.8 Å². The summed E-state index contributed by atoms with van der Waals surface area (Å²) in [7, 11) is 0. The second-order valence-electron chi connectivity index (χ2n) is 2.73. The average Bonchev–Trinajstić information content (AvgIpc) is 2.08. The molecule has 0 fully saturated rings. The normalized spacial score (nSPS) is 10.8. The fourth-order valence-electron chi connectivity index (χ4n) is 0.986. The van der Waals surface area contributed by atoms with Gasteiger partial charge in [-0.2, -0.15) is 0 Å². The topological polar surface area (TPSA) is 63.1 Å². The highest BCUT2D eigenvalue weighted by Crippen LogP contribution is 2.09. The molecule has 0 spiro atoms. The van der Waals surface area contributed by atoms with Crippen molar-refractivity contribution in [2.24, 2.45) is 0 Å². The maximum absolute atomic E-state index is 13.3. The minimum Gasteiger partial charge on any atom is -0.478 e. The number of carboxylic acids is 1. The minimum atomic E-state index is -1.14. The number of carbonyl (C=O) groups is 1. The molecule has 0 saturated carbocycles. The largest absolute Gasteiger partial charge is 0.478 e. The number of halogens is 1. The summed E-state index contributed by atoms with van der Waals surface area (Å²) in [4.78, 5) is 17.8. The van der Waals surface area contributed by atoms with Gasteiger partial charge in [0.25, 0.3) is 0 Å². The number of aliphatic carboxylic acids is 1. The number of aryl methyl sites for hydroxylation is 2. The predicted molar refractivity (Wildman–Crippen MR) is 48.1 cm³/mol. The van der Waals surface area contributed by atoms with E-state index in [1.807, 2.05) is 0 Å². The first-order chi connectivity index (χ1) is 6.50. The van der Waals surface area contributed by atoms with Gasteiger partial charge in [0.15, 0.2) is 5.82 Å². The summed E-state index contributed by atoms with van der Waals surface area (Å²) in [6, 6.07) is 0. The van der Waals surface area contributed by atoms with Crippen LogP contribution in [0.2, 0.25) is 0 Å². The summed E-state index contributed by atoms with van der Waals surface area (Å²) in [5.74, 6) is -1.32. The Morgan fingerprint density at radius 2 is 2.07 bits per heavy atom. The van der Waals surface area contributed by atoms with Crippen molar-refractivity contribution in [3.63, 3.8) is 0 Å². The quantitative estimate of drug-likeness (QED) is 0.725. The second kappa shape index (κ2) is 3.95. The van der Waals surface area contributed by atoms with E-state index in [9.17, 15) is 9.18 Å². The van der Waals surface area contributed by atoms with E-state index >= 15 is 0 Å². The Morgan fingerprint density at radius 1 is 1.43 bits per heavy atom. The van der Waals surface area contributed by atoms with E-state index in [0.29, 0.717) is 5.82 Å². The molecule has 0 unspecified atom stereocenters. The van der Waals surface area contributed by atoms with Crippen molar-refractivity contribution in [2.75, 3.05) is 0 Å². The second-order valence-corrected chi connectivity index (χ2v) is 2.73. The molecule has 1 heterocycles. The van der Waals surface area contributed by atoms with Gasteiger partial charge in [-0.25, -0.2) is 19.2 Å². The lowest BCUT2D eigenvalue weighted by atomic mass is 10.3. The highest BCUT2D eigenvalue weighted by molar-refractivity contribution is 5.84. The van der Waals surface area contributed by atoms with Crippen LogP contribution < -0.4 is 0 Å². The number of rotatable bonds is 2. The van der Waals surface area contributed by atoms with Gasteiger partial charge in [-0.05, 0) is 19.9 Å². The van der Waals surface area contributed by atoms with Crippen LogP contribution in [0.5, 0.6) is 0 Å². The molecule has 0 aromatic carbocycles. The predicted octanol–water partition coefficient (Wildman–Crippen LogP) is 1.33. The Bertz CT molecular complexity index is 402. The molecule has 0 bridgehead atoms. The van der Waals surface area contributed by atoms with E-state index in [0.717, 1.165) is 12.2 Å². The number of carboxylic acid groups (broad SMARTS) is 1. The zero-order valence-corrected chi connectivity index (χ0v) is 7.78. The van der Waals surface area contributed by atoms with Gasteiger partial charge in [0.1, 0.15) is 11.5 Å². The van der Waals surface area contributed by atoms with E-state index in [2.05, 4.69) is 9.97 Å². The lowest BCUT2D eigenvalue weighted by Crippen LogP contribution is -2.00. The summed E-state index contributed by atoms with van der Waals surface area (Å²) < 4.78 is 13.3. The highest BCUT2D eigenvalue weighted by atomic mass is 19.1. The maximum Gasteiger partial charge on any atom is 0.328 e. The molecule has 0 atom stereocenters. The Labute approximate surface area is 80.1 Å². The van der Waals surface area contributed by atoms with E-state index in [-0.39, 0.29) is 11.4 Å². The highest BCUT2D eigenvalue weighted by Gasteiger charge is 2.06. The molecule has 0 aliphatic carbocycles. The molecule has 14 heavy (non-hydrogen) atoms. The van der Waals surface area contributed by atoms with Gasteiger partial charge in [-0.3, -0.25) is 0 Å². The van der Waals surface area contributed by atoms with Crippen LogP contribution >= 0.6 is 0 Å². The van der Waals surface area contributed by atoms with Crippen LogP contribution in [0.3, 0.4) is 0 Å². The lowest BCUT2D eigenvalue weighted by molar-refractivity contribution is -0.131.